The molecule has 0 aliphatic carbocycles. The SMILES string of the molecule is c1cc(-c2nc(N3CCOCC3)c3[nH]c(CN4CCNCC4)nc3n2)c2cc[nH]c2c1. The maximum atomic E-state index is 5.57. The Bertz CT molecular complexity index is 1200. The lowest BCUT2D eigenvalue weighted by atomic mass is 10.1. The van der Waals surface area contributed by atoms with Crippen molar-refractivity contribution in [2.45, 2.75) is 6.54 Å². The molecule has 9 heteroatoms. The number of H-pyrrole nitrogens is 2. The van der Waals surface area contributed by atoms with Gasteiger partial charge >= 0.3 is 0 Å². The van der Waals surface area contributed by atoms with Gasteiger partial charge in [0.15, 0.2) is 17.3 Å². The summed E-state index contributed by atoms with van der Waals surface area (Å²) in [5.74, 6) is 2.56. The van der Waals surface area contributed by atoms with Crippen molar-refractivity contribution < 1.29 is 4.74 Å². The molecular formula is C22H26N8O. The lowest BCUT2D eigenvalue weighted by molar-refractivity contribution is 0.122. The van der Waals surface area contributed by atoms with E-state index in [0.29, 0.717) is 19.0 Å². The van der Waals surface area contributed by atoms with Gasteiger partial charge in [0.25, 0.3) is 0 Å². The largest absolute Gasteiger partial charge is 0.378 e. The highest BCUT2D eigenvalue weighted by atomic mass is 16.5. The monoisotopic (exact) mass is 418 g/mol. The number of aromatic amines is 2. The first-order valence-corrected chi connectivity index (χ1v) is 10.9. The summed E-state index contributed by atoms with van der Waals surface area (Å²) in [5.41, 5.74) is 3.73. The van der Waals surface area contributed by atoms with E-state index >= 15 is 0 Å². The summed E-state index contributed by atoms with van der Waals surface area (Å²) in [6.45, 7) is 7.92. The molecular weight excluding hydrogens is 392 g/mol. The van der Waals surface area contributed by atoms with Crippen molar-refractivity contribution in [1.29, 1.82) is 0 Å². The highest BCUT2D eigenvalue weighted by Gasteiger charge is 2.22. The lowest BCUT2D eigenvalue weighted by Crippen LogP contribution is -2.43. The zero-order chi connectivity index (χ0) is 20.6. The molecule has 1 aromatic carbocycles. The van der Waals surface area contributed by atoms with E-state index in [1.54, 1.807) is 0 Å². The third kappa shape index (κ3) is 3.54. The van der Waals surface area contributed by atoms with E-state index < -0.39 is 0 Å². The molecule has 2 saturated heterocycles. The summed E-state index contributed by atoms with van der Waals surface area (Å²) in [5, 5.41) is 4.52. The molecule has 0 bridgehead atoms. The summed E-state index contributed by atoms with van der Waals surface area (Å²) >= 11 is 0. The first-order valence-electron chi connectivity index (χ1n) is 10.9. The van der Waals surface area contributed by atoms with E-state index in [9.17, 15) is 0 Å². The van der Waals surface area contributed by atoms with Crippen LogP contribution >= 0.6 is 0 Å². The van der Waals surface area contributed by atoms with E-state index in [2.05, 4.69) is 43.3 Å². The summed E-state index contributed by atoms with van der Waals surface area (Å²) in [6.07, 6.45) is 1.95. The Kier molecular flexibility index (Phi) is 4.78. The fraction of sp³-hybridized carbons (Fsp3) is 0.409. The fourth-order valence-corrected chi connectivity index (χ4v) is 4.49. The molecule has 160 valence electrons. The molecule has 3 N–H and O–H groups in total. The predicted molar refractivity (Wildman–Crippen MR) is 120 cm³/mol. The second kappa shape index (κ2) is 7.92. The molecule has 5 heterocycles. The van der Waals surface area contributed by atoms with Crippen molar-refractivity contribution in [3.8, 4) is 11.4 Å². The molecule has 0 saturated carbocycles. The van der Waals surface area contributed by atoms with Gasteiger partial charge in [-0.1, -0.05) is 12.1 Å². The van der Waals surface area contributed by atoms with Crippen LogP contribution in [0.2, 0.25) is 0 Å². The number of rotatable bonds is 4. The lowest BCUT2D eigenvalue weighted by Gasteiger charge is -2.28. The van der Waals surface area contributed by atoms with Gasteiger partial charge in [-0.2, -0.15) is 0 Å². The Hall–Kier alpha value is -3.01. The summed E-state index contributed by atoms with van der Waals surface area (Å²) in [4.78, 5) is 26.3. The maximum Gasteiger partial charge on any atom is 0.183 e. The minimum Gasteiger partial charge on any atom is -0.378 e. The van der Waals surface area contributed by atoms with Crippen molar-refractivity contribution in [3.05, 3.63) is 36.3 Å². The standard InChI is InChI=1S/C22H26N8O/c1-2-16(15-4-5-24-17(15)3-1)20-27-21-19(22(28-20)30-10-12-31-13-11-30)25-18(26-21)14-29-8-6-23-7-9-29/h1-5,23-24H,6-14H2,(H,25,26,27,28). The van der Waals surface area contributed by atoms with Gasteiger partial charge in [-0.05, 0) is 12.1 Å². The molecule has 4 aromatic rings. The number of fused-ring (bicyclic) bond motifs is 2. The number of nitrogens with one attached hydrogen (secondary N) is 3. The van der Waals surface area contributed by atoms with Gasteiger partial charge in [0, 0.05) is 61.9 Å². The summed E-state index contributed by atoms with van der Waals surface area (Å²) in [7, 11) is 0. The normalized spacial score (nSPS) is 18.3. The number of nitrogens with zero attached hydrogens (tertiary/aromatic N) is 5. The third-order valence-corrected chi connectivity index (χ3v) is 6.11. The summed E-state index contributed by atoms with van der Waals surface area (Å²) in [6, 6.07) is 8.26. The molecule has 3 aromatic heterocycles. The second-order valence-electron chi connectivity index (χ2n) is 8.12. The van der Waals surface area contributed by atoms with Crippen molar-refractivity contribution >= 4 is 27.9 Å². The van der Waals surface area contributed by atoms with Crippen molar-refractivity contribution in [2.75, 3.05) is 57.4 Å². The van der Waals surface area contributed by atoms with E-state index in [0.717, 1.165) is 85.1 Å². The number of imidazole rings is 1. The Morgan fingerprint density at radius 3 is 2.71 bits per heavy atom. The highest BCUT2D eigenvalue weighted by Crippen LogP contribution is 2.30. The van der Waals surface area contributed by atoms with Gasteiger partial charge in [0.05, 0.1) is 19.8 Å². The summed E-state index contributed by atoms with van der Waals surface area (Å²) < 4.78 is 5.57. The van der Waals surface area contributed by atoms with Crippen LogP contribution in [-0.2, 0) is 11.3 Å². The van der Waals surface area contributed by atoms with E-state index in [4.69, 9.17) is 19.7 Å². The van der Waals surface area contributed by atoms with Crippen LogP contribution in [0.15, 0.2) is 30.5 Å². The zero-order valence-corrected chi connectivity index (χ0v) is 17.4. The molecule has 2 aliphatic rings. The van der Waals surface area contributed by atoms with Gasteiger partial charge in [-0.25, -0.2) is 15.0 Å². The van der Waals surface area contributed by atoms with Crippen LogP contribution in [-0.4, -0.2) is 82.3 Å². The molecule has 0 atom stereocenters. The predicted octanol–water partition coefficient (Wildman–Crippen LogP) is 1.74. The quantitative estimate of drug-likeness (QED) is 0.464. The highest BCUT2D eigenvalue weighted by molar-refractivity contribution is 5.95. The minimum atomic E-state index is 0.704. The first kappa shape index (κ1) is 18.7. The van der Waals surface area contributed by atoms with E-state index in [1.807, 2.05) is 12.3 Å². The molecule has 0 amide bonds. The third-order valence-electron chi connectivity index (χ3n) is 6.11. The van der Waals surface area contributed by atoms with E-state index in [-0.39, 0.29) is 0 Å². The van der Waals surface area contributed by atoms with Crippen molar-refractivity contribution in [3.63, 3.8) is 0 Å². The maximum absolute atomic E-state index is 5.57. The van der Waals surface area contributed by atoms with Gasteiger partial charge in [0.2, 0.25) is 0 Å². The minimum absolute atomic E-state index is 0.704. The Labute approximate surface area is 179 Å². The number of piperazine rings is 1. The van der Waals surface area contributed by atoms with Crippen LogP contribution in [0, 0.1) is 0 Å². The van der Waals surface area contributed by atoms with Gasteiger partial charge in [0.1, 0.15) is 11.3 Å². The number of ether oxygens (including phenoxy) is 1. The number of hydrogen-bond donors (Lipinski definition) is 3. The van der Waals surface area contributed by atoms with Gasteiger partial charge in [-0.3, -0.25) is 4.90 Å². The topological polar surface area (TPSA) is 98.0 Å². The number of anilines is 1. The Morgan fingerprint density at radius 2 is 1.84 bits per heavy atom. The van der Waals surface area contributed by atoms with Crippen LogP contribution < -0.4 is 10.2 Å². The van der Waals surface area contributed by atoms with Crippen LogP contribution in [0.5, 0.6) is 0 Å². The molecule has 0 radical (unpaired) electrons. The van der Waals surface area contributed by atoms with Crippen LogP contribution in [0.25, 0.3) is 33.5 Å². The smallest absolute Gasteiger partial charge is 0.183 e. The molecule has 31 heavy (non-hydrogen) atoms. The molecule has 2 aliphatic heterocycles. The average Bonchev–Trinajstić information content (AvgIpc) is 3.46. The molecule has 0 spiro atoms. The van der Waals surface area contributed by atoms with Crippen molar-refractivity contribution in [1.82, 2.24) is 35.1 Å². The molecule has 2 fully saturated rings. The second-order valence-corrected chi connectivity index (χ2v) is 8.12. The van der Waals surface area contributed by atoms with Gasteiger partial charge < -0.3 is 24.9 Å². The molecule has 6 rings (SSSR count). The fourth-order valence-electron chi connectivity index (χ4n) is 4.49. The Morgan fingerprint density at radius 1 is 0.968 bits per heavy atom. The average molecular weight is 419 g/mol. The number of morpholine rings is 1. The van der Waals surface area contributed by atoms with E-state index in [1.165, 1.54) is 0 Å². The van der Waals surface area contributed by atoms with Gasteiger partial charge in [-0.15, -0.1) is 0 Å². The van der Waals surface area contributed by atoms with Crippen molar-refractivity contribution in [2.24, 2.45) is 0 Å². The number of benzene rings is 1. The van der Waals surface area contributed by atoms with Crippen LogP contribution in [0.1, 0.15) is 5.82 Å². The number of aromatic nitrogens is 5. The molecule has 0 unspecified atom stereocenters. The zero-order valence-electron chi connectivity index (χ0n) is 17.4. The van der Waals surface area contributed by atoms with Crippen LogP contribution in [0.3, 0.4) is 0 Å². The molecule has 9 nitrogen and oxygen atoms in total. The number of hydrogen-bond acceptors (Lipinski definition) is 7. The first-order chi connectivity index (χ1) is 15.3. The van der Waals surface area contributed by atoms with Crippen LogP contribution in [0.4, 0.5) is 5.82 Å². The Balaban J connectivity index is 1.46.